The monoisotopic (exact) mass is 464 g/mol. The van der Waals surface area contributed by atoms with Crippen LogP contribution in [-0.4, -0.2) is 45.1 Å². The zero-order valence-corrected chi connectivity index (χ0v) is 18.8. The van der Waals surface area contributed by atoms with E-state index in [0.717, 1.165) is 74.2 Å². The van der Waals surface area contributed by atoms with Crippen LogP contribution in [0.25, 0.3) is 10.2 Å². The summed E-state index contributed by atoms with van der Waals surface area (Å²) in [7, 11) is 1.98. The lowest BCUT2D eigenvalue weighted by molar-refractivity contribution is -0.126. The number of nitrogens with one attached hydrogen (secondary N) is 1. The lowest BCUT2D eigenvalue weighted by Gasteiger charge is -2.28. The zero-order valence-electron chi connectivity index (χ0n) is 18.0. The van der Waals surface area contributed by atoms with Crippen LogP contribution in [-0.2, 0) is 19.9 Å². The van der Waals surface area contributed by atoms with E-state index in [0.29, 0.717) is 16.9 Å². The first-order valence-electron chi connectivity index (χ1n) is 11.2. The fourth-order valence-electron chi connectivity index (χ4n) is 5.03. The van der Waals surface area contributed by atoms with E-state index in [1.807, 2.05) is 11.7 Å². The number of hydrogen-bond acceptors (Lipinski definition) is 6. The minimum atomic E-state index is -4.22. The molecule has 1 saturated heterocycles. The minimum Gasteiger partial charge on any atom is -0.356 e. The van der Waals surface area contributed by atoms with Gasteiger partial charge in [0.25, 0.3) is 0 Å². The highest BCUT2D eigenvalue weighted by atomic mass is 32.1. The SMILES string of the molecule is Cn1cc2c(n1)CCC[C@@H]2N[C@H]1CCCN(c2ncnc3sc(CC(F)(F)F)cc23)CC1. The van der Waals surface area contributed by atoms with E-state index in [-0.39, 0.29) is 4.88 Å². The molecule has 3 aromatic rings. The fraction of sp³-hybridized carbons (Fsp3) is 0.591. The number of hydrogen-bond donors (Lipinski definition) is 1. The number of nitrogens with zero attached hydrogens (tertiary/aromatic N) is 5. The molecule has 1 aliphatic carbocycles. The summed E-state index contributed by atoms with van der Waals surface area (Å²) in [5, 5.41) is 9.21. The molecular formula is C22H27F3N6S. The number of alkyl halides is 3. The molecule has 4 heterocycles. The predicted octanol–water partition coefficient (Wildman–Crippen LogP) is 4.56. The highest BCUT2D eigenvalue weighted by Crippen LogP contribution is 2.35. The van der Waals surface area contributed by atoms with Crippen LogP contribution in [0.5, 0.6) is 0 Å². The summed E-state index contributed by atoms with van der Waals surface area (Å²) >= 11 is 1.11. The van der Waals surface area contributed by atoms with Gasteiger partial charge in [-0.05, 0) is 44.6 Å². The van der Waals surface area contributed by atoms with Gasteiger partial charge >= 0.3 is 6.18 Å². The lowest BCUT2D eigenvalue weighted by atomic mass is 9.92. The number of rotatable bonds is 4. The van der Waals surface area contributed by atoms with Gasteiger partial charge in [-0.3, -0.25) is 4.68 Å². The largest absolute Gasteiger partial charge is 0.393 e. The van der Waals surface area contributed by atoms with E-state index < -0.39 is 12.6 Å². The minimum absolute atomic E-state index is 0.285. The Balaban J connectivity index is 1.29. The van der Waals surface area contributed by atoms with E-state index in [9.17, 15) is 13.2 Å². The predicted molar refractivity (Wildman–Crippen MR) is 119 cm³/mol. The van der Waals surface area contributed by atoms with Crippen molar-refractivity contribution in [3.63, 3.8) is 0 Å². The summed E-state index contributed by atoms with van der Waals surface area (Å²) in [5.74, 6) is 0.757. The van der Waals surface area contributed by atoms with E-state index in [1.165, 1.54) is 17.6 Å². The third kappa shape index (κ3) is 4.61. The second-order valence-electron chi connectivity index (χ2n) is 8.85. The molecule has 2 atom stereocenters. The Morgan fingerprint density at radius 1 is 1.16 bits per heavy atom. The van der Waals surface area contributed by atoms with Gasteiger partial charge in [-0.25, -0.2) is 9.97 Å². The second kappa shape index (κ2) is 8.62. The molecule has 0 bridgehead atoms. The number of anilines is 1. The maximum Gasteiger partial charge on any atom is 0.393 e. The molecule has 0 spiro atoms. The smallest absolute Gasteiger partial charge is 0.356 e. The Morgan fingerprint density at radius 3 is 2.88 bits per heavy atom. The van der Waals surface area contributed by atoms with Crippen molar-refractivity contribution >= 4 is 27.4 Å². The van der Waals surface area contributed by atoms with Gasteiger partial charge in [-0.15, -0.1) is 11.3 Å². The third-order valence-electron chi connectivity index (χ3n) is 6.42. The summed E-state index contributed by atoms with van der Waals surface area (Å²) < 4.78 is 40.5. The highest BCUT2D eigenvalue weighted by Gasteiger charge is 2.30. The number of halogens is 3. The molecule has 32 heavy (non-hydrogen) atoms. The average molecular weight is 465 g/mol. The van der Waals surface area contributed by atoms with Gasteiger partial charge in [0.2, 0.25) is 0 Å². The fourth-order valence-corrected chi connectivity index (χ4v) is 6.05. The van der Waals surface area contributed by atoms with Crippen molar-refractivity contribution in [2.45, 2.75) is 63.2 Å². The quantitative estimate of drug-likeness (QED) is 0.614. The summed E-state index contributed by atoms with van der Waals surface area (Å²) in [5.41, 5.74) is 2.54. The van der Waals surface area contributed by atoms with Crippen molar-refractivity contribution in [2.24, 2.45) is 7.05 Å². The molecule has 10 heteroatoms. The topological polar surface area (TPSA) is 58.9 Å². The van der Waals surface area contributed by atoms with Crippen molar-refractivity contribution in [1.82, 2.24) is 25.1 Å². The van der Waals surface area contributed by atoms with Gasteiger partial charge in [-0.2, -0.15) is 18.3 Å². The van der Waals surface area contributed by atoms with E-state index >= 15 is 0 Å². The number of fused-ring (bicyclic) bond motifs is 2. The summed E-state index contributed by atoms with van der Waals surface area (Å²) in [4.78, 5) is 11.8. The van der Waals surface area contributed by atoms with E-state index in [4.69, 9.17) is 0 Å². The van der Waals surface area contributed by atoms with Crippen molar-refractivity contribution in [3.05, 3.63) is 34.7 Å². The standard InChI is InChI=1S/C22H27F3N6S/c1-30-12-17-18(5-2-6-19(17)29-30)28-14-4-3-8-31(9-7-14)20-16-10-15(11-22(23,24)25)32-21(16)27-13-26-20/h10,12-14,18,28H,2-9,11H2,1H3/t14-,18-/m0/s1. The Labute approximate surface area is 188 Å². The maximum atomic E-state index is 12.9. The molecule has 3 aromatic heterocycles. The van der Waals surface area contributed by atoms with Crippen LogP contribution >= 0.6 is 11.3 Å². The normalized spacial score (nSPS) is 22.2. The van der Waals surface area contributed by atoms with Gasteiger partial charge in [-0.1, -0.05) is 0 Å². The Morgan fingerprint density at radius 2 is 2.03 bits per heavy atom. The van der Waals surface area contributed by atoms with Gasteiger partial charge in [0.1, 0.15) is 17.0 Å². The molecule has 0 amide bonds. The highest BCUT2D eigenvalue weighted by molar-refractivity contribution is 7.18. The van der Waals surface area contributed by atoms with Gasteiger partial charge in [0, 0.05) is 48.9 Å². The molecule has 0 aromatic carbocycles. The van der Waals surface area contributed by atoms with Crippen LogP contribution in [0.15, 0.2) is 18.6 Å². The first-order chi connectivity index (χ1) is 15.4. The average Bonchev–Trinajstić information content (AvgIpc) is 3.22. The zero-order chi connectivity index (χ0) is 22.3. The Bertz CT molecular complexity index is 1090. The van der Waals surface area contributed by atoms with E-state index in [2.05, 4.69) is 31.5 Å². The molecule has 0 radical (unpaired) electrons. The molecule has 2 aliphatic rings. The summed E-state index contributed by atoms with van der Waals surface area (Å²) in [6, 6.07) is 2.36. The van der Waals surface area contributed by atoms with Gasteiger partial charge in [0.15, 0.2) is 0 Å². The molecule has 1 N–H and O–H groups in total. The Kier molecular flexibility index (Phi) is 5.83. The first-order valence-corrected chi connectivity index (χ1v) is 12.0. The van der Waals surface area contributed by atoms with Gasteiger partial charge in [0.05, 0.1) is 17.5 Å². The molecule has 0 saturated carbocycles. The van der Waals surface area contributed by atoms with Crippen LogP contribution < -0.4 is 10.2 Å². The number of thiophene rings is 1. The second-order valence-corrected chi connectivity index (χ2v) is 9.97. The van der Waals surface area contributed by atoms with Crippen molar-refractivity contribution < 1.29 is 13.2 Å². The summed E-state index contributed by atoms with van der Waals surface area (Å²) in [6.07, 6.45) is 4.85. The first kappa shape index (κ1) is 21.6. The van der Waals surface area contributed by atoms with Crippen molar-refractivity contribution in [2.75, 3.05) is 18.0 Å². The molecule has 6 nitrogen and oxygen atoms in total. The number of aryl methyl sites for hydroxylation is 2. The summed E-state index contributed by atoms with van der Waals surface area (Å²) in [6.45, 7) is 1.67. The van der Waals surface area contributed by atoms with Crippen LogP contribution in [0.3, 0.4) is 0 Å². The van der Waals surface area contributed by atoms with Crippen LogP contribution in [0.4, 0.5) is 19.0 Å². The Hall–Kier alpha value is -2.20. The van der Waals surface area contributed by atoms with Gasteiger partial charge < -0.3 is 10.2 Å². The number of aromatic nitrogens is 4. The molecule has 0 unspecified atom stereocenters. The van der Waals surface area contributed by atoms with Crippen molar-refractivity contribution in [3.8, 4) is 0 Å². The molecule has 172 valence electrons. The maximum absolute atomic E-state index is 12.9. The third-order valence-corrected chi connectivity index (χ3v) is 7.46. The van der Waals surface area contributed by atoms with Crippen molar-refractivity contribution in [1.29, 1.82) is 0 Å². The molecular weight excluding hydrogens is 437 g/mol. The van der Waals surface area contributed by atoms with Crippen LogP contribution in [0.2, 0.25) is 0 Å². The molecule has 1 aliphatic heterocycles. The lowest BCUT2D eigenvalue weighted by Crippen LogP contribution is -2.35. The molecule has 1 fully saturated rings. The van der Waals surface area contributed by atoms with Crippen LogP contribution in [0, 0.1) is 0 Å². The van der Waals surface area contributed by atoms with Crippen LogP contribution in [0.1, 0.15) is 54.3 Å². The van der Waals surface area contributed by atoms with E-state index in [1.54, 1.807) is 6.07 Å². The molecule has 5 rings (SSSR count).